The van der Waals surface area contributed by atoms with Gasteiger partial charge in [-0.05, 0) is 24.5 Å². The third kappa shape index (κ3) is 2.78. The molecule has 0 aromatic heterocycles. The molecule has 0 atom stereocenters. The van der Waals surface area contributed by atoms with E-state index < -0.39 is 10.7 Å². The minimum Gasteiger partial charge on any atom is -0.394 e. The van der Waals surface area contributed by atoms with Gasteiger partial charge in [-0.3, -0.25) is 10.1 Å². The molecule has 1 saturated carbocycles. The van der Waals surface area contributed by atoms with Crippen molar-refractivity contribution in [1.29, 1.82) is 0 Å². The molecule has 17 heavy (non-hydrogen) atoms. The van der Waals surface area contributed by atoms with Crippen LogP contribution in [0.15, 0.2) is 18.2 Å². The molecule has 0 unspecified atom stereocenters. The smallest absolute Gasteiger partial charge is 0.272 e. The lowest BCUT2D eigenvalue weighted by Crippen LogP contribution is -2.34. The molecular weight excluding hydrogens is 227 g/mol. The Labute approximate surface area is 97.4 Å². The van der Waals surface area contributed by atoms with E-state index in [0.29, 0.717) is 12.1 Å². The van der Waals surface area contributed by atoms with Crippen LogP contribution in [0.5, 0.6) is 0 Å². The van der Waals surface area contributed by atoms with Crippen molar-refractivity contribution < 1.29 is 14.4 Å². The van der Waals surface area contributed by atoms with E-state index in [4.69, 9.17) is 5.11 Å². The average Bonchev–Trinajstić information content (AvgIpc) is 3.06. The van der Waals surface area contributed by atoms with E-state index in [-0.39, 0.29) is 17.8 Å². The van der Waals surface area contributed by atoms with Crippen LogP contribution in [-0.2, 0) is 6.54 Å². The van der Waals surface area contributed by atoms with Gasteiger partial charge in [-0.1, -0.05) is 0 Å². The van der Waals surface area contributed by atoms with Gasteiger partial charge in [-0.25, -0.2) is 4.39 Å². The van der Waals surface area contributed by atoms with E-state index in [0.717, 1.165) is 18.9 Å². The zero-order valence-electron chi connectivity index (χ0n) is 9.15. The monoisotopic (exact) mass is 240 g/mol. The first-order valence-corrected chi connectivity index (χ1v) is 5.34. The Morgan fingerprint density at radius 3 is 2.71 bits per heavy atom. The van der Waals surface area contributed by atoms with E-state index in [1.54, 1.807) is 0 Å². The van der Waals surface area contributed by atoms with Gasteiger partial charge in [0.15, 0.2) is 0 Å². The number of nitrogens with zero attached hydrogens (tertiary/aromatic N) is 1. The minimum absolute atomic E-state index is 0.0322. The van der Waals surface area contributed by atoms with E-state index in [1.165, 1.54) is 12.1 Å². The van der Waals surface area contributed by atoms with Crippen LogP contribution in [0.2, 0.25) is 0 Å². The number of rotatable bonds is 5. The molecule has 5 nitrogen and oxygen atoms in total. The Kier molecular flexibility index (Phi) is 3.08. The maximum absolute atomic E-state index is 13.1. The Morgan fingerprint density at radius 1 is 1.47 bits per heavy atom. The van der Waals surface area contributed by atoms with Gasteiger partial charge in [0.2, 0.25) is 0 Å². The zero-order chi connectivity index (χ0) is 12.5. The molecule has 92 valence electrons. The molecule has 0 saturated heterocycles. The summed E-state index contributed by atoms with van der Waals surface area (Å²) < 4.78 is 13.1. The average molecular weight is 240 g/mol. The number of halogens is 1. The number of aliphatic hydroxyl groups is 1. The van der Waals surface area contributed by atoms with E-state index >= 15 is 0 Å². The third-order valence-corrected chi connectivity index (χ3v) is 2.98. The largest absolute Gasteiger partial charge is 0.394 e. The zero-order valence-corrected chi connectivity index (χ0v) is 9.15. The summed E-state index contributed by atoms with van der Waals surface area (Å²) in [4.78, 5) is 9.93. The molecule has 1 fully saturated rings. The number of nitro groups is 1. The lowest BCUT2D eigenvalue weighted by molar-refractivity contribution is -0.385. The van der Waals surface area contributed by atoms with Crippen LogP contribution in [-0.4, -0.2) is 22.2 Å². The lowest BCUT2D eigenvalue weighted by atomic mass is 10.1. The van der Waals surface area contributed by atoms with Crippen molar-refractivity contribution in [3.63, 3.8) is 0 Å². The molecule has 0 amide bonds. The summed E-state index contributed by atoms with van der Waals surface area (Å²) in [5.41, 5.74) is -0.00625. The van der Waals surface area contributed by atoms with Crippen molar-refractivity contribution in [2.24, 2.45) is 0 Å². The molecular formula is C11H13FN2O3. The van der Waals surface area contributed by atoms with Crippen LogP contribution in [0.25, 0.3) is 0 Å². The van der Waals surface area contributed by atoms with E-state index in [9.17, 15) is 14.5 Å². The SMILES string of the molecule is O=[N+]([O-])c1cc(F)cc(CNC2(CO)CC2)c1. The summed E-state index contributed by atoms with van der Waals surface area (Å²) in [5, 5.41) is 22.7. The van der Waals surface area contributed by atoms with Crippen LogP contribution < -0.4 is 5.32 Å². The van der Waals surface area contributed by atoms with Crippen LogP contribution in [0.3, 0.4) is 0 Å². The first kappa shape index (κ1) is 11.9. The first-order chi connectivity index (χ1) is 8.04. The molecule has 2 N–H and O–H groups in total. The molecule has 1 aromatic carbocycles. The normalized spacial score (nSPS) is 16.8. The van der Waals surface area contributed by atoms with Crippen molar-refractivity contribution >= 4 is 5.69 Å². The van der Waals surface area contributed by atoms with Gasteiger partial charge >= 0.3 is 0 Å². The number of aliphatic hydroxyl groups excluding tert-OH is 1. The van der Waals surface area contributed by atoms with Crippen LogP contribution in [0, 0.1) is 15.9 Å². The number of non-ortho nitro benzene ring substituents is 1. The summed E-state index contributed by atoms with van der Waals surface area (Å²) in [5.74, 6) is -0.621. The Balaban J connectivity index is 2.07. The molecule has 1 aliphatic rings. The molecule has 0 aliphatic heterocycles. The lowest BCUT2D eigenvalue weighted by Gasteiger charge is -2.13. The van der Waals surface area contributed by atoms with Crippen LogP contribution in [0.4, 0.5) is 10.1 Å². The number of benzene rings is 1. The predicted molar refractivity (Wildman–Crippen MR) is 58.9 cm³/mol. The Hall–Kier alpha value is -1.53. The molecule has 1 aliphatic carbocycles. The predicted octanol–water partition coefficient (Wildman–Crippen LogP) is 1.35. The molecule has 1 aromatic rings. The van der Waals surface area contributed by atoms with E-state index in [1.807, 2.05) is 0 Å². The van der Waals surface area contributed by atoms with Crippen LogP contribution >= 0.6 is 0 Å². The fourth-order valence-corrected chi connectivity index (χ4v) is 1.67. The summed E-state index contributed by atoms with van der Waals surface area (Å²) in [6.45, 7) is 0.351. The van der Waals surface area contributed by atoms with E-state index in [2.05, 4.69) is 5.32 Å². The van der Waals surface area contributed by atoms with Crippen molar-refractivity contribution in [1.82, 2.24) is 5.32 Å². The molecule has 2 rings (SSSR count). The Morgan fingerprint density at radius 2 is 2.18 bits per heavy atom. The van der Waals surface area contributed by atoms with Gasteiger partial charge in [0.1, 0.15) is 5.82 Å². The highest BCUT2D eigenvalue weighted by atomic mass is 19.1. The highest BCUT2D eigenvalue weighted by Crippen LogP contribution is 2.34. The summed E-state index contributed by atoms with van der Waals surface area (Å²) in [6.07, 6.45) is 1.75. The minimum atomic E-state index is -0.621. The summed E-state index contributed by atoms with van der Waals surface area (Å²) in [7, 11) is 0. The molecule has 0 bridgehead atoms. The van der Waals surface area contributed by atoms with Crippen molar-refractivity contribution in [2.75, 3.05) is 6.61 Å². The van der Waals surface area contributed by atoms with Gasteiger partial charge in [0, 0.05) is 18.2 Å². The van der Waals surface area contributed by atoms with Crippen molar-refractivity contribution in [2.45, 2.75) is 24.9 Å². The van der Waals surface area contributed by atoms with Gasteiger partial charge in [-0.2, -0.15) is 0 Å². The fourth-order valence-electron chi connectivity index (χ4n) is 1.67. The second kappa shape index (κ2) is 4.38. The van der Waals surface area contributed by atoms with Gasteiger partial charge in [-0.15, -0.1) is 0 Å². The second-order valence-electron chi connectivity index (χ2n) is 4.37. The Bertz CT molecular complexity index is 446. The van der Waals surface area contributed by atoms with Crippen molar-refractivity contribution in [3.05, 3.63) is 39.7 Å². The fraction of sp³-hybridized carbons (Fsp3) is 0.455. The summed E-state index contributed by atoms with van der Waals surface area (Å²) in [6, 6.07) is 3.49. The number of hydrogen-bond acceptors (Lipinski definition) is 4. The first-order valence-electron chi connectivity index (χ1n) is 5.34. The van der Waals surface area contributed by atoms with Gasteiger partial charge < -0.3 is 10.4 Å². The molecule has 0 radical (unpaired) electrons. The van der Waals surface area contributed by atoms with Gasteiger partial charge in [0.05, 0.1) is 17.6 Å². The van der Waals surface area contributed by atoms with Crippen LogP contribution in [0.1, 0.15) is 18.4 Å². The number of nitro benzene ring substituents is 1. The molecule has 6 heteroatoms. The molecule has 0 spiro atoms. The topological polar surface area (TPSA) is 75.4 Å². The summed E-state index contributed by atoms with van der Waals surface area (Å²) >= 11 is 0. The second-order valence-corrected chi connectivity index (χ2v) is 4.37. The standard InChI is InChI=1S/C11H13FN2O3/c12-9-3-8(4-10(5-9)14(16)17)6-13-11(7-15)1-2-11/h3-5,13,15H,1-2,6-7H2. The third-order valence-electron chi connectivity index (χ3n) is 2.98. The van der Waals surface area contributed by atoms with Crippen molar-refractivity contribution in [3.8, 4) is 0 Å². The highest BCUT2D eigenvalue weighted by Gasteiger charge is 2.41. The molecule has 0 heterocycles. The maximum Gasteiger partial charge on any atom is 0.272 e. The number of nitrogens with one attached hydrogen (secondary N) is 1. The maximum atomic E-state index is 13.1. The quantitative estimate of drug-likeness (QED) is 0.601. The number of hydrogen-bond donors (Lipinski definition) is 2. The highest BCUT2D eigenvalue weighted by molar-refractivity contribution is 5.35. The van der Waals surface area contributed by atoms with Gasteiger partial charge in [0.25, 0.3) is 5.69 Å².